The molecule has 2 unspecified atom stereocenters. The summed E-state index contributed by atoms with van der Waals surface area (Å²) in [7, 11) is 0. The van der Waals surface area contributed by atoms with E-state index in [4.69, 9.17) is 9.47 Å². The van der Waals surface area contributed by atoms with E-state index in [2.05, 4.69) is 18.1 Å². The minimum Gasteiger partial charge on any atom is -0.396 e. The highest BCUT2D eigenvalue weighted by Gasteiger charge is 2.79. The normalized spacial score (nSPS) is 29.5. The summed E-state index contributed by atoms with van der Waals surface area (Å²) in [4.78, 5) is 51.0. The first-order valence-electron chi connectivity index (χ1n) is 16.1. The van der Waals surface area contributed by atoms with Crippen LogP contribution in [0.3, 0.4) is 0 Å². The van der Waals surface area contributed by atoms with E-state index < -0.39 is 29.1 Å². The van der Waals surface area contributed by atoms with Crippen molar-refractivity contribution in [1.82, 2.24) is 19.6 Å². The molecule has 5 atom stereocenters. The molecule has 0 aromatic heterocycles. The van der Waals surface area contributed by atoms with Gasteiger partial charge in [0, 0.05) is 59.0 Å². The number of benzene rings is 1. The summed E-state index contributed by atoms with van der Waals surface area (Å²) in [6, 6.07) is 8.92. The van der Waals surface area contributed by atoms with Gasteiger partial charge >= 0.3 is 0 Å². The molecular formula is C34H48N4O6. The maximum atomic E-state index is 14.6. The third-order valence-corrected chi connectivity index (χ3v) is 10.1. The number of carbonyl (C=O) groups is 3. The lowest BCUT2D eigenvalue weighted by atomic mass is 9.64. The Morgan fingerprint density at radius 3 is 2.41 bits per heavy atom. The molecule has 0 aliphatic carbocycles. The van der Waals surface area contributed by atoms with Crippen LogP contribution in [0.1, 0.15) is 38.2 Å². The molecule has 4 saturated heterocycles. The Labute approximate surface area is 261 Å². The molecule has 5 rings (SSSR count). The van der Waals surface area contributed by atoms with E-state index in [9.17, 15) is 19.5 Å². The molecule has 0 radical (unpaired) electrons. The van der Waals surface area contributed by atoms with Gasteiger partial charge in [-0.15, -0.1) is 13.2 Å². The van der Waals surface area contributed by atoms with Gasteiger partial charge in [0.15, 0.2) is 0 Å². The summed E-state index contributed by atoms with van der Waals surface area (Å²) in [5.41, 5.74) is -0.945. The van der Waals surface area contributed by atoms with E-state index in [0.717, 1.165) is 18.7 Å². The lowest BCUT2D eigenvalue weighted by molar-refractivity contribution is -0.155. The minimum atomic E-state index is -1.11. The number of rotatable bonds is 15. The lowest BCUT2D eigenvalue weighted by Crippen LogP contribution is -2.57. The molecular weight excluding hydrogens is 560 g/mol. The Balaban J connectivity index is 1.48. The standard InChI is InChI=1S/C34H48N4O6/c1-4-15-36(19-18-35-20-23-43-24-21-35)32(42)29-34-14-13-33(6-3,44-34)27(28(34)31(41)38(29)17-10-22-39)30(40)37(16-5-2)25-26-11-8-7-9-12-26/h4-5,7-9,11-12,27-29,39H,1-2,6,10,13-25H2,3H3/t27-,28-,29?,33+,34?/m0/s1. The van der Waals surface area contributed by atoms with Gasteiger partial charge in [-0.1, -0.05) is 49.4 Å². The molecule has 240 valence electrons. The van der Waals surface area contributed by atoms with Crippen molar-refractivity contribution < 1.29 is 29.0 Å². The fourth-order valence-corrected chi connectivity index (χ4v) is 7.95. The topological polar surface area (TPSA) is 103 Å². The van der Waals surface area contributed by atoms with Crippen LogP contribution < -0.4 is 0 Å². The monoisotopic (exact) mass is 608 g/mol. The zero-order valence-corrected chi connectivity index (χ0v) is 26.1. The molecule has 1 aromatic carbocycles. The van der Waals surface area contributed by atoms with Crippen molar-refractivity contribution in [3.63, 3.8) is 0 Å². The maximum absolute atomic E-state index is 14.6. The van der Waals surface area contributed by atoms with Crippen LogP contribution in [-0.4, -0.2) is 125 Å². The number of aliphatic hydroxyl groups excluding tert-OH is 1. The Bertz CT molecular complexity index is 1210. The molecule has 1 N–H and O–H groups in total. The Kier molecular flexibility index (Phi) is 10.2. The Morgan fingerprint density at radius 1 is 1.05 bits per heavy atom. The quantitative estimate of drug-likeness (QED) is 0.304. The SMILES string of the molecule is C=CCN(CCN1CCOCC1)C(=O)C1N(CCCO)C(=O)[C@@H]2[C@@H](C(=O)N(CC=C)Cc3ccccc3)[C@@]3(CC)CCC12O3. The van der Waals surface area contributed by atoms with Crippen molar-refractivity contribution in [1.29, 1.82) is 0 Å². The molecule has 1 spiro atoms. The van der Waals surface area contributed by atoms with Crippen LogP contribution in [0.4, 0.5) is 0 Å². The number of morpholine rings is 1. The third-order valence-electron chi connectivity index (χ3n) is 10.1. The van der Waals surface area contributed by atoms with Crippen LogP contribution >= 0.6 is 0 Å². The molecule has 4 aliphatic heterocycles. The van der Waals surface area contributed by atoms with Crippen molar-refractivity contribution in [2.75, 3.05) is 65.6 Å². The molecule has 44 heavy (non-hydrogen) atoms. The van der Waals surface area contributed by atoms with Crippen molar-refractivity contribution in [3.05, 3.63) is 61.2 Å². The molecule has 3 amide bonds. The first kappa shape index (κ1) is 32.3. The minimum absolute atomic E-state index is 0.109. The summed E-state index contributed by atoms with van der Waals surface area (Å²) in [5.74, 6) is -2.03. The molecule has 2 bridgehead atoms. The molecule has 4 heterocycles. The van der Waals surface area contributed by atoms with Crippen LogP contribution in [0.2, 0.25) is 0 Å². The Morgan fingerprint density at radius 2 is 1.75 bits per heavy atom. The fraction of sp³-hybridized carbons (Fsp3) is 0.618. The summed E-state index contributed by atoms with van der Waals surface area (Å²) in [6.45, 7) is 15.1. The highest BCUT2D eigenvalue weighted by molar-refractivity contribution is 5.99. The van der Waals surface area contributed by atoms with E-state index >= 15 is 0 Å². The van der Waals surface area contributed by atoms with Crippen LogP contribution in [-0.2, 0) is 30.4 Å². The average molecular weight is 609 g/mol. The zero-order chi connectivity index (χ0) is 31.3. The highest BCUT2D eigenvalue weighted by atomic mass is 16.5. The van der Waals surface area contributed by atoms with Gasteiger partial charge in [-0.05, 0) is 31.2 Å². The number of fused-ring (bicyclic) bond motifs is 1. The molecule has 1 aromatic rings. The van der Waals surface area contributed by atoms with Crippen molar-refractivity contribution in [3.8, 4) is 0 Å². The van der Waals surface area contributed by atoms with Crippen molar-refractivity contribution in [2.45, 2.75) is 56.4 Å². The smallest absolute Gasteiger partial charge is 0.248 e. The van der Waals surface area contributed by atoms with E-state index in [1.807, 2.05) is 37.3 Å². The number of nitrogens with zero attached hydrogens (tertiary/aromatic N) is 4. The molecule has 4 aliphatic rings. The second kappa shape index (κ2) is 13.9. The number of likely N-dealkylation sites (tertiary alicyclic amines) is 1. The fourth-order valence-electron chi connectivity index (χ4n) is 7.95. The van der Waals surface area contributed by atoms with E-state index in [1.54, 1.807) is 26.9 Å². The predicted octanol–water partition coefficient (Wildman–Crippen LogP) is 2.09. The molecule has 10 heteroatoms. The average Bonchev–Trinajstić information content (AvgIpc) is 3.65. The summed E-state index contributed by atoms with van der Waals surface area (Å²) < 4.78 is 12.5. The summed E-state index contributed by atoms with van der Waals surface area (Å²) in [5, 5.41) is 9.72. The number of ether oxygens (including phenoxy) is 2. The maximum Gasteiger partial charge on any atom is 0.248 e. The van der Waals surface area contributed by atoms with Crippen LogP contribution in [0.15, 0.2) is 55.6 Å². The lowest BCUT2D eigenvalue weighted by Gasteiger charge is -2.37. The number of hydrogen-bond donors (Lipinski definition) is 1. The number of carbonyl (C=O) groups excluding carboxylic acids is 3. The van der Waals surface area contributed by atoms with Gasteiger partial charge in [-0.3, -0.25) is 19.3 Å². The van der Waals surface area contributed by atoms with Crippen LogP contribution in [0.5, 0.6) is 0 Å². The Hall–Kier alpha value is -3.05. The van der Waals surface area contributed by atoms with Crippen LogP contribution in [0, 0.1) is 11.8 Å². The van der Waals surface area contributed by atoms with E-state index in [0.29, 0.717) is 71.6 Å². The number of amides is 3. The van der Waals surface area contributed by atoms with Crippen LogP contribution in [0.25, 0.3) is 0 Å². The highest BCUT2D eigenvalue weighted by Crippen LogP contribution is 2.64. The predicted molar refractivity (Wildman–Crippen MR) is 166 cm³/mol. The molecule has 0 saturated carbocycles. The van der Waals surface area contributed by atoms with Gasteiger partial charge in [0.05, 0.1) is 30.7 Å². The largest absolute Gasteiger partial charge is 0.396 e. The summed E-state index contributed by atoms with van der Waals surface area (Å²) >= 11 is 0. The zero-order valence-electron chi connectivity index (χ0n) is 26.1. The second-order valence-electron chi connectivity index (χ2n) is 12.5. The van der Waals surface area contributed by atoms with Gasteiger partial charge < -0.3 is 29.3 Å². The first-order valence-corrected chi connectivity index (χ1v) is 16.1. The molecule has 10 nitrogen and oxygen atoms in total. The van der Waals surface area contributed by atoms with E-state index in [1.165, 1.54) is 0 Å². The molecule has 4 fully saturated rings. The van der Waals surface area contributed by atoms with Crippen molar-refractivity contribution >= 4 is 17.7 Å². The number of hydrogen-bond acceptors (Lipinski definition) is 7. The second-order valence-corrected chi connectivity index (χ2v) is 12.5. The van der Waals surface area contributed by atoms with Gasteiger partial charge in [0.1, 0.15) is 11.6 Å². The van der Waals surface area contributed by atoms with Gasteiger partial charge in [-0.25, -0.2) is 0 Å². The van der Waals surface area contributed by atoms with Crippen molar-refractivity contribution in [2.24, 2.45) is 11.8 Å². The van der Waals surface area contributed by atoms with E-state index in [-0.39, 0.29) is 30.9 Å². The summed E-state index contributed by atoms with van der Waals surface area (Å²) in [6.07, 6.45) is 5.45. The van der Waals surface area contributed by atoms with Gasteiger partial charge in [0.25, 0.3) is 0 Å². The number of aliphatic hydroxyl groups is 1. The van der Waals surface area contributed by atoms with Gasteiger partial charge in [-0.2, -0.15) is 0 Å². The third kappa shape index (κ3) is 5.85. The van der Waals surface area contributed by atoms with Gasteiger partial charge in [0.2, 0.25) is 17.7 Å². The first-order chi connectivity index (χ1) is 21.4.